The highest BCUT2D eigenvalue weighted by molar-refractivity contribution is 6.99. The van der Waals surface area contributed by atoms with E-state index in [0.29, 0.717) is 0 Å². The first-order chi connectivity index (χ1) is 19.0. The monoisotopic (exact) mass is 550 g/mol. The normalized spacial score (nSPS) is 13.1. The largest absolute Gasteiger partial charge is 0.407 e. The summed E-state index contributed by atoms with van der Waals surface area (Å²) in [6, 6.07) is 22.1. The molecule has 0 N–H and O–H groups in total. The summed E-state index contributed by atoms with van der Waals surface area (Å²) in [6.07, 6.45) is 23.8. The minimum Gasteiger partial charge on any atom is -0.407 e. The van der Waals surface area contributed by atoms with Crippen molar-refractivity contribution < 1.29 is 4.43 Å². The molecule has 0 spiro atoms. The average molecular weight is 551 g/mol. The van der Waals surface area contributed by atoms with Gasteiger partial charge < -0.3 is 4.43 Å². The minimum absolute atomic E-state index is 0.0701. The summed E-state index contributed by atoms with van der Waals surface area (Å²) in [5.41, 5.74) is 0. The Morgan fingerprint density at radius 2 is 0.974 bits per heavy atom. The lowest BCUT2D eigenvalue weighted by atomic mass is 9.92. The number of hydrogen-bond acceptors (Lipinski definition) is 1. The first-order valence-corrected chi connectivity index (χ1v) is 18.6. The molecule has 0 aliphatic heterocycles. The lowest BCUT2D eigenvalue weighted by molar-refractivity contribution is 0.286. The van der Waals surface area contributed by atoms with Crippen LogP contribution in [-0.4, -0.2) is 14.9 Å². The van der Waals surface area contributed by atoms with E-state index in [1.807, 2.05) is 0 Å². The Morgan fingerprint density at radius 3 is 1.38 bits per heavy atom. The van der Waals surface area contributed by atoms with Gasteiger partial charge in [0.15, 0.2) is 0 Å². The van der Waals surface area contributed by atoms with Crippen LogP contribution in [0.2, 0.25) is 5.04 Å². The molecule has 0 aliphatic carbocycles. The molecule has 1 unspecified atom stereocenters. The predicted molar refractivity (Wildman–Crippen MR) is 177 cm³/mol. The third-order valence-electron chi connectivity index (χ3n) is 8.79. The van der Waals surface area contributed by atoms with Crippen LogP contribution in [0.3, 0.4) is 0 Å². The second-order valence-corrected chi connectivity index (χ2v) is 17.3. The van der Waals surface area contributed by atoms with Gasteiger partial charge in [0.05, 0.1) is 0 Å². The highest BCUT2D eigenvalue weighted by Gasteiger charge is 2.49. The van der Waals surface area contributed by atoms with Crippen LogP contribution in [0.4, 0.5) is 0 Å². The summed E-state index contributed by atoms with van der Waals surface area (Å²) in [5.74, 6) is 0.972. The molecule has 220 valence electrons. The summed E-state index contributed by atoms with van der Waals surface area (Å²) in [7, 11) is -2.37. The highest BCUT2D eigenvalue weighted by atomic mass is 28.4. The van der Waals surface area contributed by atoms with Crippen molar-refractivity contribution in [1.29, 1.82) is 0 Å². The van der Waals surface area contributed by atoms with Crippen molar-refractivity contribution in [2.24, 2.45) is 5.92 Å². The van der Waals surface area contributed by atoms with Crippen LogP contribution < -0.4 is 10.4 Å². The van der Waals surface area contributed by atoms with Gasteiger partial charge >= 0.3 is 0 Å². The van der Waals surface area contributed by atoms with Crippen molar-refractivity contribution in [1.82, 2.24) is 0 Å². The molecule has 0 aliphatic rings. The van der Waals surface area contributed by atoms with Gasteiger partial charge in [0.2, 0.25) is 0 Å². The van der Waals surface area contributed by atoms with Gasteiger partial charge in [0.1, 0.15) is 0 Å². The van der Waals surface area contributed by atoms with Gasteiger partial charge in [-0.05, 0) is 27.8 Å². The summed E-state index contributed by atoms with van der Waals surface area (Å²) >= 11 is 0. The zero-order chi connectivity index (χ0) is 28.2. The Bertz CT molecular complexity index is 786. The van der Waals surface area contributed by atoms with E-state index in [9.17, 15) is 0 Å². The summed E-state index contributed by atoms with van der Waals surface area (Å²) in [5, 5.41) is 2.85. The average Bonchev–Trinajstić information content (AvgIpc) is 2.94. The van der Waals surface area contributed by atoms with Gasteiger partial charge in [-0.15, -0.1) is 0 Å². The second kappa shape index (κ2) is 19.7. The van der Waals surface area contributed by atoms with Crippen molar-refractivity contribution in [3.05, 3.63) is 60.7 Å². The zero-order valence-electron chi connectivity index (χ0n) is 26.5. The van der Waals surface area contributed by atoms with Crippen molar-refractivity contribution in [3.63, 3.8) is 0 Å². The van der Waals surface area contributed by atoms with Gasteiger partial charge in [0, 0.05) is 6.61 Å². The van der Waals surface area contributed by atoms with Crippen LogP contribution in [0.25, 0.3) is 0 Å². The Hall–Kier alpha value is -1.38. The maximum Gasteiger partial charge on any atom is 0.261 e. The first-order valence-electron chi connectivity index (χ1n) is 16.7. The first kappa shape index (κ1) is 33.8. The maximum absolute atomic E-state index is 7.05. The molecule has 1 atom stereocenters. The quantitative estimate of drug-likeness (QED) is 0.105. The van der Waals surface area contributed by atoms with Gasteiger partial charge in [-0.2, -0.15) is 0 Å². The second-order valence-electron chi connectivity index (χ2n) is 13.0. The van der Waals surface area contributed by atoms with Gasteiger partial charge in [-0.1, -0.05) is 198 Å². The number of rotatable bonds is 22. The molecular formula is C37H62OSi. The van der Waals surface area contributed by atoms with E-state index >= 15 is 0 Å². The minimum atomic E-state index is -2.37. The number of benzene rings is 2. The molecule has 2 aromatic carbocycles. The summed E-state index contributed by atoms with van der Waals surface area (Å²) in [4.78, 5) is 0. The third kappa shape index (κ3) is 11.9. The van der Waals surface area contributed by atoms with E-state index in [-0.39, 0.29) is 5.04 Å². The van der Waals surface area contributed by atoms with Crippen LogP contribution >= 0.6 is 0 Å². The molecule has 0 fully saturated rings. The van der Waals surface area contributed by atoms with Crippen LogP contribution in [0.15, 0.2) is 60.7 Å². The van der Waals surface area contributed by atoms with E-state index in [2.05, 4.69) is 95.3 Å². The van der Waals surface area contributed by atoms with Gasteiger partial charge in [-0.25, -0.2) is 0 Å². The van der Waals surface area contributed by atoms with E-state index < -0.39 is 8.32 Å². The Kier molecular flexibility index (Phi) is 17.0. The van der Waals surface area contributed by atoms with E-state index in [4.69, 9.17) is 4.43 Å². The topological polar surface area (TPSA) is 9.23 Å². The summed E-state index contributed by atoms with van der Waals surface area (Å²) < 4.78 is 7.05. The fraction of sp³-hybridized carbons (Fsp3) is 0.676. The highest BCUT2D eigenvalue weighted by Crippen LogP contribution is 2.36. The van der Waals surface area contributed by atoms with Crippen LogP contribution in [0, 0.1) is 5.92 Å². The van der Waals surface area contributed by atoms with E-state index in [1.54, 1.807) is 0 Å². The Morgan fingerprint density at radius 1 is 0.564 bits per heavy atom. The predicted octanol–water partition coefficient (Wildman–Crippen LogP) is 10.9. The molecule has 0 bridgehead atoms. The SMILES string of the molecule is CCCCCCCCCC(CC)CCCCCCCCCO[Si](c1ccccc1)(c1ccccc1)C(C)(C)C. The molecular weight excluding hydrogens is 488 g/mol. The molecule has 39 heavy (non-hydrogen) atoms. The molecule has 0 saturated carbocycles. The standard InChI is InChI=1S/C37H62OSi/c1-6-8-9-10-12-15-20-27-34(7-2)28-21-16-13-11-14-17-26-33-38-39(37(3,4)5,35-29-22-18-23-30-35)36-31-24-19-25-32-36/h18-19,22-25,29-32,34H,6-17,20-21,26-28,33H2,1-5H3. The molecule has 0 saturated heterocycles. The fourth-order valence-corrected chi connectivity index (χ4v) is 11.0. The lowest BCUT2D eigenvalue weighted by Crippen LogP contribution is -2.66. The third-order valence-corrected chi connectivity index (χ3v) is 13.8. The molecule has 1 nitrogen and oxygen atoms in total. The molecule has 0 aromatic heterocycles. The van der Waals surface area contributed by atoms with Gasteiger partial charge in [-0.3, -0.25) is 0 Å². The van der Waals surface area contributed by atoms with Crippen molar-refractivity contribution in [2.45, 2.75) is 149 Å². The van der Waals surface area contributed by atoms with Crippen molar-refractivity contribution in [3.8, 4) is 0 Å². The Balaban J connectivity index is 1.66. The number of hydrogen-bond donors (Lipinski definition) is 0. The van der Waals surface area contributed by atoms with Crippen LogP contribution in [-0.2, 0) is 4.43 Å². The molecule has 0 radical (unpaired) electrons. The van der Waals surface area contributed by atoms with Crippen LogP contribution in [0.1, 0.15) is 144 Å². The molecule has 2 heteroatoms. The van der Waals surface area contributed by atoms with Gasteiger partial charge in [0.25, 0.3) is 8.32 Å². The number of unbranched alkanes of at least 4 members (excludes halogenated alkanes) is 12. The Labute approximate surface area is 244 Å². The van der Waals surface area contributed by atoms with Crippen molar-refractivity contribution in [2.75, 3.05) is 6.61 Å². The molecule has 0 amide bonds. The molecule has 2 rings (SSSR count). The molecule has 2 aromatic rings. The zero-order valence-corrected chi connectivity index (χ0v) is 27.5. The van der Waals surface area contributed by atoms with Crippen molar-refractivity contribution >= 4 is 18.7 Å². The maximum atomic E-state index is 7.05. The smallest absolute Gasteiger partial charge is 0.261 e. The lowest BCUT2D eigenvalue weighted by Gasteiger charge is -2.43. The van der Waals surface area contributed by atoms with E-state index in [1.165, 1.54) is 120 Å². The van der Waals surface area contributed by atoms with Crippen LogP contribution in [0.5, 0.6) is 0 Å². The van der Waals surface area contributed by atoms with E-state index in [0.717, 1.165) is 12.5 Å². The fourth-order valence-electron chi connectivity index (χ4n) is 6.35. The summed E-state index contributed by atoms with van der Waals surface area (Å²) in [6.45, 7) is 12.7. The molecule has 0 heterocycles.